The lowest BCUT2D eigenvalue weighted by atomic mass is 9.97. The van der Waals surface area contributed by atoms with Crippen molar-refractivity contribution in [2.45, 2.75) is 39.3 Å². The van der Waals surface area contributed by atoms with Crippen molar-refractivity contribution in [3.63, 3.8) is 0 Å². The first-order chi connectivity index (χ1) is 7.27. The molecule has 0 atom stereocenters. The summed E-state index contributed by atoms with van der Waals surface area (Å²) in [4.78, 5) is 3.81. The molecule has 2 nitrogen and oxygen atoms in total. The molecule has 0 aliphatic rings. The highest BCUT2D eigenvalue weighted by Crippen LogP contribution is 2.37. The molecule has 1 rings (SSSR count). The van der Waals surface area contributed by atoms with Crippen LogP contribution in [0.5, 0.6) is 0 Å². The van der Waals surface area contributed by atoms with Crippen LogP contribution in [0.2, 0.25) is 0 Å². The molecule has 0 saturated heterocycles. The Kier molecular flexibility index (Phi) is 3.45. The second-order valence-electron chi connectivity index (χ2n) is 3.97. The number of pyridine rings is 1. The SMILES string of the molecule is CCc1cc(N)nc(C(C)C)c1C(F)(F)F. The third kappa shape index (κ3) is 2.46. The van der Waals surface area contributed by atoms with E-state index >= 15 is 0 Å². The molecule has 16 heavy (non-hydrogen) atoms. The third-order valence-corrected chi connectivity index (χ3v) is 2.36. The lowest BCUT2D eigenvalue weighted by Crippen LogP contribution is -2.16. The standard InChI is InChI=1S/C11H15F3N2/c1-4-7-5-8(15)16-10(6(2)3)9(7)11(12,13)14/h5-6H,4H2,1-3H3,(H2,15,16). The molecule has 2 N–H and O–H groups in total. The van der Waals surface area contributed by atoms with Crippen molar-refractivity contribution < 1.29 is 13.2 Å². The zero-order chi connectivity index (χ0) is 12.5. The van der Waals surface area contributed by atoms with Crippen LogP contribution in [0.4, 0.5) is 19.0 Å². The maximum atomic E-state index is 12.9. The fraction of sp³-hybridized carbons (Fsp3) is 0.545. The second kappa shape index (κ2) is 4.31. The summed E-state index contributed by atoms with van der Waals surface area (Å²) < 4.78 is 38.7. The number of nitrogens with zero attached hydrogens (tertiary/aromatic N) is 1. The van der Waals surface area contributed by atoms with Crippen LogP contribution in [0.3, 0.4) is 0 Å². The molecule has 1 aromatic rings. The third-order valence-electron chi connectivity index (χ3n) is 2.36. The Balaban J connectivity index is 3.52. The highest BCUT2D eigenvalue weighted by molar-refractivity contribution is 5.44. The average Bonchev–Trinajstić information content (AvgIpc) is 2.14. The van der Waals surface area contributed by atoms with Crippen molar-refractivity contribution >= 4 is 5.82 Å². The lowest BCUT2D eigenvalue weighted by molar-refractivity contribution is -0.139. The van der Waals surface area contributed by atoms with Gasteiger partial charge in [0.25, 0.3) is 0 Å². The lowest BCUT2D eigenvalue weighted by Gasteiger charge is -2.18. The van der Waals surface area contributed by atoms with Crippen LogP contribution in [0.15, 0.2) is 6.07 Å². The summed E-state index contributed by atoms with van der Waals surface area (Å²) in [5.74, 6) is -0.154. The second-order valence-corrected chi connectivity index (χ2v) is 3.97. The van der Waals surface area contributed by atoms with Gasteiger partial charge in [-0.2, -0.15) is 13.2 Å². The first-order valence-electron chi connectivity index (χ1n) is 5.13. The number of alkyl halides is 3. The Hall–Kier alpha value is -1.26. The Morgan fingerprint density at radius 2 is 1.94 bits per heavy atom. The minimum atomic E-state index is -4.37. The molecule has 0 aliphatic carbocycles. The Morgan fingerprint density at radius 3 is 2.31 bits per heavy atom. The number of nitrogen functional groups attached to an aromatic ring is 1. The van der Waals surface area contributed by atoms with Gasteiger partial charge in [-0.1, -0.05) is 20.8 Å². The fourth-order valence-corrected chi connectivity index (χ4v) is 1.67. The predicted octanol–water partition coefficient (Wildman–Crippen LogP) is 3.37. The van der Waals surface area contributed by atoms with Gasteiger partial charge < -0.3 is 5.73 Å². The molecule has 0 bridgehead atoms. The van der Waals surface area contributed by atoms with Gasteiger partial charge in [0.1, 0.15) is 5.82 Å². The Bertz CT molecular complexity index is 384. The van der Waals surface area contributed by atoms with Crippen molar-refractivity contribution in [3.8, 4) is 0 Å². The van der Waals surface area contributed by atoms with Crippen LogP contribution in [-0.2, 0) is 12.6 Å². The Labute approximate surface area is 92.7 Å². The number of nitrogens with two attached hydrogens (primary N) is 1. The number of anilines is 1. The highest BCUT2D eigenvalue weighted by atomic mass is 19.4. The molecule has 0 amide bonds. The zero-order valence-corrected chi connectivity index (χ0v) is 9.52. The van der Waals surface area contributed by atoms with Crippen molar-refractivity contribution in [1.29, 1.82) is 0 Å². The fourth-order valence-electron chi connectivity index (χ4n) is 1.67. The van der Waals surface area contributed by atoms with Gasteiger partial charge >= 0.3 is 6.18 Å². The minimum absolute atomic E-state index is 0.0318. The molecule has 0 spiro atoms. The van der Waals surface area contributed by atoms with E-state index in [9.17, 15) is 13.2 Å². The van der Waals surface area contributed by atoms with E-state index in [2.05, 4.69) is 4.98 Å². The molecule has 0 radical (unpaired) electrons. The van der Waals surface area contributed by atoms with Gasteiger partial charge in [-0.3, -0.25) is 0 Å². The monoisotopic (exact) mass is 232 g/mol. The van der Waals surface area contributed by atoms with Gasteiger partial charge in [-0.15, -0.1) is 0 Å². The molecule has 5 heteroatoms. The van der Waals surface area contributed by atoms with E-state index in [0.717, 1.165) is 0 Å². The van der Waals surface area contributed by atoms with Crippen LogP contribution >= 0.6 is 0 Å². The van der Waals surface area contributed by atoms with E-state index in [1.807, 2.05) is 0 Å². The van der Waals surface area contributed by atoms with Crippen LogP contribution in [0.25, 0.3) is 0 Å². The summed E-state index contributed by atoms with van der Waals surface area (Å²) in [6.45, 7) is 5.03. The van der Waals surface area contributed by atoms with Crippen molar-refractivity contribution in [2.24, 2.45) is 0 Å². The minimum Gasteiger partial charge on any atom is -0.384 e. The smallest absolute Gasteiger partial charge is 0.384 e. The van der Waals surface area contributed by atoms with Crippen molar-refractivity contribution in [2.75, 3.05) is 5.73 Å². The molecule has 0 fully saturated rings. The normalized spacial score (nSPS) is 12.2. The largest absolute Gasteiger partial charge is 0.418 e. The molecule has 0 unspecified atom stereocenters. The van der Waals surface area contributed by atoms with E-state index < -0.39 is 11.7 Å². The van der Waals surface area contributed by atoms with E-state index in [1.54, 1.807) is 20.8 Å². The van der Waals surface area contributed by atoms with Crippen LogP contribution in [-0.4, -0.2) is 4.98 Å². The van der Waals surface area contributed by atoms with Gasteiger partial charge in [-0.05, 0) is 24.0 Å². The summed E-state index contributed by atoms with van der Waals surface area (Å²) in [6, 6.07) is 1.30. The van der Waals surface area contributed by atoms with Gasteiger partial charge in [0.2, 0.25) is 0 Å². The number of halogens is 3. The maximum Gasteiger partial charge on any atom is 0.418 e. The van der Waals surface area contributed by atoms with Crippen LogP contribution in [0, 0.1) is 0 Å². The number of rotatable bonds is 2. The number of aryl methyl sites for hydroxylation is 1. The summed E-state index contributed by atoms with van der Waals surface area (Å²) >= 11 is 0. The number of hydrogen-bond donors (Lipinski definition) is 1. The summed E-state index contributed by atoms with van der Waals surface area (Å²) in [5.41, 5.74) is 5.12. The molecule has 0 aromatic carbocycles. The van der Waals surface area contributed by atoms with Gasteiger partial charge in [0, 0.05) is 0 Å². The highest BCUT2D eigenvalue weighted by Gasteiger charge is 2.37. The molecule has 0 aliphatic heterocycles. The summed E-state index contributed by atoms with van der Waals surface area (Å²) in [5, 5.41) is 0. The maximum absolute atomic E-state index is 12.9. The number of hydrogen-bond acceptors (Lipinski definition) is 2. The topological polar surface area (TPSA) is 38.9 Å². The van der Waals surface area contributed by atoms with Crippen molar-refractivity contribution in [3.05, 3.63) is 22.9 Å². The van der Waals surface area contributed by atoms with Crippen molar-refractivity contribution in [1.82, 2.24) is 4.98 Å². The first-order valence-corrected chi connectivity index (χ1v) is 5.13. The molecule has 0 saturated carbocycles. The first kappa shape index (κ1) is 12.8. The van der Waals surface area contributed by atoms with E-state index in [0.29, 0.717) is 6.42 Å². The van der Waals surface area contributed by atoms with Gasteiger partial charge in [0.05, 0.1) is 11.3 Å². The van der Waals surface area contributed by atoms with Crippen LogP contribution < -0.4 is 5.73 Å². The van der Waals surface area contributed by atoms with Gasteiger partial charge in [0.15, 0.2) is 0 Å². The van der Waals surface area contributed by atoms with Crippen LogP contribution in [0.1, 0.15) is 43.5 Å². The van der Waals surface area contributed by atoms with E-state index in [1.165, 1.54) is 6.07 Å². The van der Waals surface area contributed by atoms with Gasteiger partial charge in [-0.25, -0.2) is 4.98 Å². The van der Waals surface area contributed by atoms with E-state index in [-0.39, 0.29) is 23.0 Å². The Morgan fingerprint density at radius 1 is 1.38 bits per heavy atom. The molecular weight excluding hydrogens is 217 g/mol. The quantitative estimate of drug-likeness (QED) is 0.849. The molecule has 1 aromatic heterocycles. The summed E-state index contributed by atoms with van der Waals surface area (Å²) in [6.07, 6.45) is -4.08. The molecular formula is C11H15F3N2. The summed E-state index contributed by atoms with van der Waals surface area (Å²) in [7, 11) is 0. The average molecular weight is 232 g/mol. The van der Waals surface area contributed by atoms with E-state index in [4.69, 9.17) is 5.73 Å². The predicted molar refractivity (Wildman–Crippen MR) is 57.1 cm³/mol. The zero-order valence-electron chi connectivity index (χ0n) is 9.52. The molecule has 90 valence electrons. The molecule has 1 heterocycles. The number of aromatic nitrogens is 1.